The third-order valence-electron chi connectivity index (χ3n) is 4.91. The number of halogens is 1. The molecular formula is C19H30ClN3O. The monoisotopic (exact) mass is 351 g/mol. The molecule has 1 atom stereocenters. The third kappa shape index (κ3) is 5.76. The van der Waals surface area contributed by atoms with Gasteiger partial charge in [-0.15, -0.1) is 0 Å². The largest absolute Gasteiger partial charge is 0.340 e. The molecule has 1 aromatic rings. The molecule has 5 heteroatoms. The van der Waals surface area contributed by atoms with Gasteiger partial charge in [0.25, 0.3) is 0 Å². The molecule has 1 unspecified atom stereocenters. The van der Waals surface area contributed by atoms with Gasteiger partial charge >= 0.3 is 0 Å². The standard InChI is InChI=1S/C19H30ClN3O/c1-16(17-7-9-18(20)10-8-17)22-12-14-23(15-13-22)19(24)6-4-2-3-5-11-21/h7-10,16H,2-6,11-15,21H2,1H3. The zero-order valence-electron chi connectivity index (χ0n) is 14.7. The van der Waals surface area contributed by atoms with Gasteiger partial charge in [-0.2, -0.15) is 0 Å². The fraction of sp³-hybridized carbons (Fsp3) is 0.632. The molecule has 0 aromatic heterocycles. The topological polar surface area (TPSA) is 49.6 Å². The first kappa shape index (κ1) is 19.2. The SMILES string of the molecule is CC(c1ccc(Cl)cc1)N1CCN(C(=O)CCCCCCN)CC1. The van der Waals surface area contributed by atoms with Crippen LogP contribution in [0.25, 0.3) is 0 Å². The fourth-order valence-electron chi connectivity index (χ4n) is 3.24. The van der Waals surface area contributed by atoms with Gasteiger partial charge < -0.3 is 10.6 Å². The number of hydrogen-bond acceptors (Lipinski definition) is 3. The molecule has 1 heterocycles. The first-order chi connectivity index (χ1) is 11.6. The maximum Gasteiger partial charge on any atom is 0.222 e. The van der Waals surface area contributed by atoms with E-state index in [1.165, 1.54) is 5.56 Å². The molecule has 1 fully saturated rings. The zero-order valence-corrected chi connectivity index (χ0v) is 15.5. The molecule has 0 saturated carbocycles. The van der Waals surface area contributed by atoms with Crippen molar-refractivity contribution in [2.75, 3.05) is 32.7 Å². The summed E-state index contributed by atoms with van der Waals surface area (Å²) >= 11 is 5.96. The van der Waals surface area contributed by atoms with E-state index in [-0.39, 0.29) is 0 Å². The van der Waals surface area contributed by atoms with Crippen molar-refractivity contribution in [3.63, 3.8) is 0 Å². The summed E-state index contributed by atoms with van der Waals surface area (Å²) in [5.41, 5.74) is 6.76. The maximum absolute atomic E-state index is 12.3. The summed E-state index contributed by atoms with van der Waals surface area (Å²) in [6.07, 6.45) is 4.97. The van der Waals surface area contributed by atoms with Gasteiger partial charge in [0, 0.05) is 43.7 Å². The van der Waals surface area contributed by atoms with Crippen molar-refractivity contribution in [2.24, 2.45) is 5.73 Å². The van der Waals surface area contributed by atoms with Crippen molar-refractivity contribution >= 4 is 17.5 Å². The Balaban J connectivity index is 1.72. The Morgan fingerprint density at radius 2 is 1.71 bits per heavy atom. The van der Waals surface area contributed by atoms with E-state index in [1.54, 1.807) is 0 Å². The number of carbonyl (C=O) groups excluding carboxylic acids is 1. The molecule has 0 bridgehead atoms. The minimum Gasteiger partial charge on any atom is -0.340 e. The summed E-state index contributed by atoms with van der Waals surface area (Å²) < 4.78 is 0. The molecule has 1 saturated heterocycles. The second-order valence-corrected chi connectivity index (χ2v) is 7.03. The van der Waals surface area contributed by atoms with Gasteiger partial charge in [-0.05, 0) is 44.0 Å². The van der Waals surface area contributed by atoms with E-state index in [9.17, 15) is 4.79 Å². The van der Waals surface area contributed by atoms with Gasteiger partial charge in [-0.25, -0.2) is 0 Å². The quantitative estimate of drug-likeness (QED) is 0.730. The normalized spacial score (nSPS) is 17.0. The number of hydrogen-bond donors (Lipinski definition) is 1. The molecule has 134 valence electrons. The van der Waals surface area contributed by atoms with E-state index < -0.39 is 0 Å². The summed E-state index contributed by atoms with van der Waals surface area (Å²) in [6, 6.07) is 8.42. The van der Waals surface area contributed by atoms with E-state index in [4.69, 9.17) is 17.3 Å². The minimum atomic E-state index is 0.307. The Morgan fingerprint density at radius 3 is 2.33 bits per heavy atom. The second kappa shape index (κ2) is 10.0. The van der Waals surface area contributed by atoms with Crippen LogP contribution in [-0.4, -0.2) is 48.4 Å². The van der Waals surface area contributed by atoms with Gasteiger partial charge in [0.2, 0.25) is 5.91 Å². The summed E-state index contributed by atoms with van der Waals surface area (Å²) in [5, 5.41) is 0.771. The van der Waals surface area contributed by atoms with Crippen LogP contribution >= 0.6 is 11.6 Å². The molecule has 24 heavy (non-hydrogen) atoms. The first-order valence-electron chi connectivity index (χ1n) is 9.09. The maximum atomic E-state index is 12.3. The van der Waals surface area contributed by atoms with E-state index in [0.717, 1.165) is 63.4 Å². The Bertz CT molecular complexity index is 498. The number of carbonyl (C=O) groups is 1. The molecule has 0 aliphatic carbocycles. The van der Waals surface area contributed by atoms with Gasteiger partial charge in [0.1, 0.15) is 0 Å². The van der Waals surface area contributed by atoms with Crippen molar-refractivity contribution in [1.29, 1.82) is 0 Å². The number of rotatable bonds is 8. The molecule has 4 nitrogen and oxygen atoms in total. The average molecular weight is 352 g/mol. The number of nitrogens with two attached hydrogens (primary N) is 1. The Hall–Kier alpha value is -1.10. The average Bonchev–Trinajstić information content (AvgIpc) is 2.61. The van der Waals surface area contributed by atoms with Gasteiger partial charge in [-0.1, -0.05) is 36.6 Å². The van der Waals surface area contributed by atoms with Crippen molar-refractivity contribution in [3.8, 4) is 0 Å². The first-order valence-corrected chi connectivity index (χ1v) is 9.47. The van der Waals surface area contributed by atoms with Crippen molar-refractivity contribution in [2.45, 2.75) is 45.1 Å². The predicted octanol–water partition coefficient (Wildman–Crippen LogP) is 3.45. The minimum absolute atomic E-state index is 0.307. The molecule has 0 radical (unpaired) electrons. The van der Waals surface area contributed by atoms with Crippen LogP contribution in [0.4, 0.5) is 0 Å². The summed E-state index contributed by atoms with van der Waals surface area (Å²) in [5.74, 6) is 0.307. The van der Waals surface area contributed by atoms with Crippen LogP contribution in [0, 0.1) is 0 Å². The van der Waals surface area contributed by atoms with Crippen molar-refractivity contribution < 1.29 is 4.79 Å². The molecular weight excluding hydrogens is 322 g/mol. The van der Waals surface area contributed by atoms with E-state index in [1.807, 2.05) is 17.0 Å². The lowest BCUT2D eigenvalue weighted by Gasteiger charge is -2.38. The highest BCUT2D eigenvalue weighted by molar-refractivity contribution is 6.30. The number of piperazine rings is 1. The van der Waals surface area contributed by atoms with Crippen LogP contribution in [0.1, 0.15) is 50.6 Å². The van der Waals surface area contributed by atoms with Gasteiger partial charge in [0.15, 0.2) is 0 Å². The van der Waals surface area contributed by atoms with Crippen molar-refractivity contribution in [1.82, 2.24) is 9.80 Å². The van der Waals surface area contributed by atoms with E-state index in [2.05, 4.69) is 24.0 Å². The number of benzene rings is 1. The fourth-order valence-corrected chi connectivity index (χ4v) is 3.37. The van der Waals surface area contributed by atoms with Crippen molar-refractivity contribution in [3.05, 3.63) is 34.9 Å². The summed E-state index contributed by atoms with van der Waals surface area (Å²) in [6.45, 7) is 6.50. The summed E-state index contributed by atoms with van der Waals surface area (Å²) in [7, 11) is 0. The van der Waals surface area contributed by atoms with Crippen LogP contribution in [0.2, 0.25) is 5.02 Å². The highest BCUT2D eigenvalue weighted by atomic mass is 35.5. The van der Waals surface area contributed by atoms with Crippen LogP contribution in [0.15, 0.2) is 24.3 Å². The van der Waals surface area contributed by atoms with Crippen LogP contribution < -0.4 is 5.73 Å². The number of amides is 1. The smallest absolute Gasteiger partial charge is 0.222 e. The van der Waals surface area contributed by atoms with Crippen LogP contribution in [0.5, 0.6) is 0 Å². The lowest BCUT2D eigenvalue weighted by molar-refractivity contribution is -0.133. The predicted molar refractivity (Wildman–Crippen MR) is 100 cm³/mol. The molecule has 2 N–H and O–H groups in total. The summed E-state index contributed by atoms with van der Waals surface area (Å²) in [4.78, 5) is 16.7. The third-order valence-corrected chi connectivity index (χ3v) is 5.16. The Labute approximate surface area is 150 Å². The van der Waals surface area contributed by atoms with E-state index >= 15 is 0 Å². The molecule has 1 amide bonds. The lowest BCUT2D eigenvalue weighted by atomic mass is 10.1. The van der Waals surface area contributed by atoms with E-state index in [0.29, 0.717) is 18.4 Å². The number of nitrogens with zero attached hydrogens (tertiary/aromatic N) is 2. The van der Waals surface area contributed by atoms with Crippen LogP contribution in [-0.2, 0) is 4.79 Å². The molecule has 1 aromatic carbocycles. The highest BCUT2D eigenvalue weighted by Crippen LogP contribution is 2.23. The number of unbranched alkanes of at least 4 members (excludes halogenated alkanes) is 3. The van der Waals surface area contributed by atoms with Gasteiger partial charge in [0.05, 0.1) is 0 Å². The molecule has 1 aliphatic rings. The van der Waals surface area contributed by atoms with Crippen LogP contribution in [0.3, 0.4) is 0 Å². The lowest BCUT2D eigenvalue weighted by Crippen LogP contribution is -2.49. The second-order valence-electron chi connectivity index (χ2n) is 6.60. The van der Waals surface area contributed by atoms with Gasteiger partial charge in [-0.3, -0.25) is 9.69 Å². The highest BCUT2D eigenvalue weighted by Gasteiger charge is 2.24. The molecule has 0 spiro atoms. The molecule has 1 aliphatic heterocycles. The Kier molecular flexibility index (Phi) is 8.03. The molecule has 2 rings (SSSR count). The zero-order chi connectivity index (χ0) is 17.4. The Morgan fingerprint density at radius 1 is 1.08 bits per heavy atom.